The summed E-state index contributed by atoms with van der Waals surface area (Å²) >= 11 is 0. The summed E-state index contributed by atoms with van der Waals surface area (Å²) in [5.41, 5.74) is 6.04. The molecule has 1 aliphatic heterocycles. The second-order valence-electron chi connectivity index (χ2n) is 4.46. The van der Waals surface area contributed by atoms with Gasteiger partial charge in [0.05, 0.1) is 6.61 Å². The summed E-state index contributed by atoms with van der Waals surface area (Å²) in [4.78, 5) is 4.32. The molecular formula is C11H19N3O. The van der Waals surface area contributed by atoms with Gasteiger partial charge in [-0.15, -0.1) is 0 Å². The highest BCUT2D eigenvalue weighted by molar-refractivity contribution is 4.94. The van der Waals surface area contributed by atoms with Gasteiger partial charge >= 0.3 is 0 Å². The Labute approximate surface area is 90.4 Å². The summed E-state index contributed by atoms with van der Waals surface area (Å²) in [6, 6.07) is 0. The smallest absolute Gasteiger partial charge is 0.108 e. The summed E-state index contributed by atoms with van der Waals surface area (Å²) in [5.74, 6) is 1.13. The van der Waals surface area contributed by atoms with Crippen molar-refractivity contribution < 1.29 is 4.74 Å². The van der Waals surface area contributed by atoms with E-state index in [0.717, 1.165) is 44.8 Å². The van der Waals surface area contributed by atoms with Crippen LogP contribution in [0.1, 0.15) is 18.7 Å². The van der Waals surface area contributed by atoms with Crippen LogP contribution in [-0.4, -0.2) is 29.3 Å². The van der Waals surface area contributed by atoms with Crippen molar-refractivity contribution in [1.82, 2.24) is 9.55 Å². The maximum atomic E-state index is 5.84. The summed E-state index contributed by atoms with van der Waals surface area (Å²) in [6.45, 7) is 2.39. The Morgan fingerprint density at radius 1 is 1.67 bits per heavy atom. The minimum atomic E-state index is 0.200. The molecule has 84 valence electrons. The highest BCUT2D eigenvalue weighted by Gasteiger charge is 2.33. The molecule has 1 aromatic heterocycles. The Hall–Kier alpha value is -0.870. The van der Waals surface area contributed by atoms with Gasteiger partial charge in [0, 0.05) is 44.4 Å². The molecule has 2 rings (SSSR count). The van der Waals surface area contributed by atoms with Crippen molar-refractivity contribution in [3.05, 3.63) is 18.2 Å². The second kappa shape index (κ2) is 4.33. The van der Waals surface area contributed by atoms with Gasteiger partial charge in [-0.05, 0) is 12.8 Å². The molecule has 2 heterocycles. The lowest BCUT2D eigenvalue weighted by Gasteiger charge is -2.24. The SMILES string of the molecule is Cn1ccnc1CCC1(CN)CCOC1. The minimum Gasteiger partial charge on any atom is -0.381 e. The first-order chi connectivity index (χ1) is 7.26. The standard InChI is InChI=1S/C11H19N3O/c1-14-6-5-13-10(14)2-3-11(8-12)4-7-15-9-11/h5-6H,2-4,7-9,12H2,1H3. The highest BCUT2D eigenvalue weighted by Crippen LogP contribution is 2.32. The van der Waals surface area contributed by atoms with Crippen LogP contribution in [0.2, 0.25) is 0 Å². The van der Waals surface area contributed by atoms with Crippen LogP contribution in [0.15, 0.2) is 12.4 Å². The molecule has 0 radical (unpaired) electrons. The average molecular weight is 209 g/mol. The van der Waals surface area contributed by atoms with Crippen molar-refractivity contribution in [1.29, 1.82) is 0 Å². The Morgan fingerprint density at radius 3 is 3.07 bits per heavy atom. The molecule has 2 N–H and O–H groups in total. The molecule has 0 saturated carbocycles. The monoisotopic (exact) mass is 209 g/mol. The van der Waals surface area contributed by atoms with Crippen LogP contribution in [0, 0.1) is 5.41 Å². The molecule has 4 nitrogen and oxygen atoms in total. The first kappa shape index (κ1) is 10.6. The lowest BCUT2D eigenvalue weighted by atomic mass is 9.82. The van der Waals surface area contributed by atoms with Gasteiger partial charge in [0.15, 0.2) is 0 Å². The first-order valence-electron chi connectivity index (χ1n) is 5.50. The van der Waals surface area contributed by atoms with E-state index in [0.29, 0.717) is 0 Å². The fraction of sp³-hybridized carbons (Fsp3) is 0.727. The predicted molar refractivity (Wildman–Crippen MR) is 58.5 cm³/mol. The van der Waals surface area contributed by atoms with Gasteiger partial charge in [-0.1, -0.05) is 0 Å². The van der Waals surface area contributed by atoms with E-state index in [4.69, 9.17) is 10.5 Å². The number of imidazole rings is 1. The lowest BCUT2D eigenvalue weighted by Crippen LogP contribution is -2.31. The van der Waals surface area contributed by atoms with Gasteiger partial charge < -0.3 is 15.0 Å². The zero-order valence-corrected chi connectivity index (χ0v) is 9.28. The Morgan fingerprint density at radius 2 is 2.53 bits per heavy atom. The number of nitrogens with two attached hydrogens (primary N) is 1. The Balaban J connectivity index is 1.94. The molecule has 0 aliphatic carbocycles. The molecule has 1 unspecified atom stereocenters. The van der Waals surface area contributed by atoms with Crippen molar-refractivity contribution in [2.75, 3.05) is 19.8 Å². The number of hydrogen-bond donors (Lipinski definition) is 1. The first-order valence-corrected chi connectivity index (χ1v) is 5.50. The van der Waals surface area contributed by atoms with Crippen molar-refractivity contribution >= 4 is 0 Å². The van der Waals surface area contributed by atoms with Crippen molar-refractivity contribution in [2.45, 2.75) is 19.3 Å². The average Bonchev–Trinajstić information content (AvgIpc) is 2.85. The third kappa shape index (κ3) is 2.21. The Bertz CT molecular complexity index is 315. The molecule has 0 amide bonds. The fourth-order valence-electron chi connectivity index (χ4n) is 2.12. The fourth-order valence-corrected chi connectivity index (χ4v) is 2.12. The lowest BCUT2D eigenvalue weighted by molar-refractivity contribution is 0.149. The largest absolute Gasteiger partial charge is 0.381 e. The van der Waals surface area contributed by atoms with Crippen LogP contribution in [0.25, 0.3) is 0 Å². The molecule has 0 spiro atoms. The number of rotatable bonds is 4. The van der Waals surface area contributed by atoms with Gasteiger partial charge in [-0.25, -0.2) is 4.98 Å². The number of hydrogen-bond acceptors (Lipinski definition) is 3. The van der Waals surface area contributed by atoms with E-state index in [1.54, 1.807) is 0 Å². The molecule has 0 aromatic carbocycles. The van der Waals surface area contributed by atoms with Crippen LogP contribution in [0.5, 0.6) is 0 Å². The van der Waals surface area contributed by atoms with Crippen LogP contribution in [-0.2, 0) is 18.2 Å². The molecule has 0 bridgehead atoms. The van der Waals surface area contributed by atoms with Gasteiger partial charge in [0.2, 0.25) is 0 Å². The van der Waals surface area contributed by atoms with Gasteiger partial charge in [-0.3, -0.25) is 0 Å². The molecule has 1 aliphatic rings. The van der Waals surface area contributed by atoms with Crippen LogP contribution >= 0.6 is 0 Å². The molecule has 1 saturated heterocycles. The number of aryl methyl sites for hydroxylation is 2. The van der Waals surface area contributed by atoms with Crippen molar-refractivity contribution in [2.24, 2.45) is 18.2 Å². The van der Waals surface area contributed by atoms with Crippen LogP contribution in [0.4, 0.5) is 0 Å². The van der Waals surface area contributed by atoms with Gasteiger partial charge in [0.1, 0.15) is 5.82 Å². The summed E-state index contributed by atoms with van der Waals surface area (Å²) in [5, 5.41) is 0. The van der Waals surface area contributed by atoms with Crippen LogP contribution < -0.4 is 5.73 Å². The predicted octanol–water partition coefficient (Wildman–Crippen LogP) is 0.718. The molecule has 1 fully saturated rings. The van der Waals surface area contributed by atoms with Gasteiger partial charge in [0.25, 0.3) is 0 Å². The summed E-state index contributed by atoms with van der Waals surface area (Å²) < 4.78 is 7.51. The summed E-state index contributed by atoms with van der Waals surface area (Å²) in [6.07, 6.45) is 6.98. The van der Waals surface area contributed by atoms with E-state index >= 15 is 0 Å². The number of nitrogens with zero attached hydrogens (tertiary/aromatic N) is 2. The number of ether oxygens (including phenoxy) is 1. The summed E-state index contributed by atoms with van der Waals surface area (Å²) in [7, 11) is 2.03. The third-order valence-electron chi connectivity index (χ3n) is 3.42. The third-order valence-corrected chi connectivity index (χ3v) is 3.42. The van der Waals surface area contributed by atoms with E-state index in [1.807, 2.05) is 19.4 Å². The molecule has 4 heteroatoms. The topological polar surface area (TPSA) is 53.1 Å². The zero-order valence-electron chi connectivity index (χ0n) is 9.28. The highest BCUT2D eigenvalue weighted by atomic mass is 16.5. The quantitative estimate of drug-likeness (QED) is 0.795. The number of aromatic nitrogens is 2. The van der Waals surface area contributed by atoms with E-state index in [-0.39, 0.29) is 5.41 Å². The molecule has 15 heavy (non-hydrogen) atoms. The van der Waals surface area contributed by atoms with Gasteiger partial charge in [-0.2, -0.15) is 0 Å². The second-order valence-corrected chi connectivity index (χ2v) is 4.46. The maximum absolute atomic E-state index is 5.84. The molecule has 1 atom stereocenters. The maximum Gasteiger partial charge on any atom is 0.108 e. The van der Waals surface area contributed by atoms with E-state index < -0.39 is 0 Å². The molecular weight excluding hydrogens is 190 g/mol. The normalized spacial score (nSPS) is 26.0. The van der Waals surface area contributed by atoms with E-state index in [2.05, 4.69) is 9.55 Å². The van der Waals surface area contributed by atoms with E-state index in [1.165, 1.54) is 0 Å². The molecule has 1 aromatic rings. The van der Waals surface area contributed by atoms with Crippen molar-refractivity contribution in [3.63, 3.8) is 0 Å². The van der Waals surface area contributed by atoms with Crippen molar-refractivity contribution in [3.8, 4) is 0 Å². The Kier molecular flexibility index (Phi) is 3.07. The minimum absolute atomic E-state index is 0.200. The zero-order chi connectivity index (χ0) is 10.7. The van der Waals surface area contributed by atoms with E-state index in [9.17, 15) is 0 Å². The van der Waals surface area contributed by atoms with Crippen LogP contribution in [0.3, 0.4) is 0 Å².